The van der Waals surface area contributed by atoms with Crippen LogP contribution in [0.2, 0.25) is 5.02 Å². The van der Waals surface area contributed by atoms with Crippen LogP contribution in [0.4, 0.5) is 24.5 Å². The van der Waals surface area contributed by atoms with E-state index in [1.54, 1.807) is 18.2 Å². The summed E-state index contributed by atoms with van der Waals surface area (Å²) in [6.07, 6.45) is -0.163. The minimum Gasteiger partial charge on any atom is -0.326 e. The second kappa shape index (κ2) is 6.99. The van der Waals surface area contributed by atoms with Crippen molar-refractivity contribution in [3.8, 4) is 0 Å². The third-order valence-corrected chi connectivity index (χ3v) is 4.65. The third-order valence-electron chi connectivity index (χ3n) is 4.24. The van der Waals surface area contributed by atoms with Gasteiger partial charge in [0.1, 0.15) is 0 Å². The monoisotopic (exact) mass is 382 g/mol. The fourth-order valence-electron chi connectivity index (χ4n) is 2.76. The molecule has 0 aliphatic carbocycles. The molecule has 0 saturated carbocycles. The van der Waals surface area contributed by atoms with Crippen LogP contribution in [0.3, 0.4) is 0 Å². The highest BCUT2D eigenvalue weighted by Crippen LogP contribution is 2.30. The lowest BCUT2D eigenvalue weighted by atomic mass is 10.1. The van der Waals surface area contributed by atoms with E-state index in [2.05, 4.69) is 5.32 Å². The number of amides is 2. The maximum atomic E-state index is 13.9. The van der Waals surface area contributed by atoms with Crippen molar-refractivity contribution in [3.63, 3.8) is 0 Å². The van der Waals surface area contributed by atoms with Crippen molar-refractivity contribution < 1.29 is 22.8 Å². The highest BCUT2D eigenvalue weighted by molar-refractivity contribution is 6.31. The Kier molecular flexibility index (Phi) is 4.91. The first-order chi connectivity index (χ1) is 12.3. The maximum absolute atomic E-state index is 13.9. The molecule has 4 nitrogen and oxygen atoms in total. The minimum atomic E-state index is -1.66. The molecule has 0 radical (unpaired) electrons. The zero-order chi connectivity index (χ0) is 19.0. The number of anilines is 2. The summed E-state index contributed by atoms with van der Waals surface area (Å²) >= 11 is 6.01. The summed E-state index contributed by atoms with van der Waals surface area (Å²) in [5.74, 6) is -6.19. The molecule has 1 fully saturated rings. The Bertz CT molecular complexity index is 904. The standard InChI is InChI=1S/C18H14ClF3N2O2/c1-9-2-3-11(7-12(9)19)23-18(26)10-6-15(25)24(8-10)14-5-4-13(20)16(21)17(14)22/h2-5,7,10H,6,8H2,1H3,(H,23,26). The molecule has 1 aliphatic heterocycles. The van der Waals surface area contributed by atoms with Gasteiger partial charge in [-0.2, -0.15) is 0 Å². The normalized spacial score (nSPS) is 16.9. The van der Waals surface area contributed by atoms with Gasteiger partial charge < -0.3 is 10.2 Å². The SMILES string of the molecule is Cc1ccc(NC(=O)C2CC(=O)N(c3ccc(F)c(F)c3F)C2)cc1Cl. The Morgan fingerprint density at radius 1 is 1.19 bits per heavy atom. The Morgan fingerprint density at radius 3 is 2.62 bits per heavy atom. The van der Waals surface area contributed by atoms with Crippen molar-refractivity contribution in [2.75, 3.05) is 16.8 Å². The van der Waals surface area contributed by atoms with E-state index in [0.29, 0.717) is 10.7 Å². The third kappa shape index (κ3) is 3.39. The first-order valence-corrected chi connectivity index (χ1v) is 8.16. The Morgan fingerprint density at radius 2 is 1.92 bits per heavy atom. The van der Waals surface area contributed by atoms with Crippen molar-refractivity contribution in [2.45, 2.75) is 13.3 Å². The van der Waals surface area contributed by atoms with Gasteiger partial charge in [-0.15, -0.1) is 0 Å². The van der Waals surface area contributed by atoms with Crippen LogP contribution in [0, 0.1) is 30.3 Å². The molecule has 2 amide bonds. The number of halogens is 4. The lowest BCUT2D eigenvalue weighted by molar-refractivity contribution is -0.122. The highest BCUT2D eigenvalue weighted by atomic mass is 35.5. The van der Waals surface area contributed by atoms with E-state index in [0.717, 1.165) is 22.6 Å². The average molecular weight is 383 g/mol. The van der Waals surface area contributed by atoms with Gasteiger partial charge in [0.15, 0.2) is 17.5 Å². The first-order valence-electron chi connectivity index (χ1n) is 7.79. The van der Waals surface area contributed by atoms with Gasteiger partial charge in [0.05, 0.1) is 11.6 Å². The van der Waals surface area contributed by atoms with E-state index in [1.165, 1.54) is 0 Å². The largest absolute Gasteiger partial charge is 0.326 e. The van der Waals surface area contributed by atoms with Crippen LogP contribution in [0.25, 0.3) is 0 Å². The van der Waals surface area contributed by atoms with Crippen molar-refractivity contribution in [2.24, 2.45) is 5.92 Å². The lowest BCUT2D eigenvalue weighted by Gasteiger charge is -2.18. The van der Waals surface area contributed by atoms with Crippen molar-refractivity contribution >= 4 is 34.8 Å². The van der Waals surface area contributed by atoms with Crippen LogP contribution in [0.5, 0.6) is 0 Å². The molecule has 136 valence electrons. The van der Waals surface area contributed by atoms with E-state index in [4.69, 9.17) is 11.6 Å². The van der Waals surface area contributed by atoms with Gasteiger partial charge in [0.2, 0.25) is 11.8 Å². The summed E-state index contributed by atoms with van der Waals surface area (Å²) in [7, 11) is 0. The van der Waals surface area contributed by atoms with Gasteiger partial charge >= 0.3 is 0 Å². The predicted octanol–water partition coefficient (Wildman–Crippen LogP) is 4.06. The smallest absolute Gasteiger partial charge is 0.229 e. The molecule has 1 N–H and O–H groups in total. The molecule has 3 rings (SSSR count). The molecular formula is C18H14ClF3N2O2. The van der Waals surface area contributed by atoms with Gasteiger partial charge in [-0.1, -0.05) is 17.7 Å². The van der Waals surface area contributed by atoms with E-state index >= 15 is 0 Å². The Hall–Kier alpha value is -2.54. The number of rotatable bonds is 3. The topological polar surface area (TPSA) is 49.4 Å². The number of nitrogens with zero attached hydrogens (tertiary/aromatic N) is 1. The number of hydrogen-bond donors (Lipinski definition) is 1. The zero-order valence-corrected chi connectivity index (χ0v) is 14.4. The maximum Gasteiger partial charge on any atom is 0.229 e. The molecule has 0 bridgehead atoms. The van der Waals surface area contributed by atoms with Gasteiger partial charge in [-0.05, 0) is 36.8 Å². The van der Waals surface area contributed by atoms with Gasteiger partial charge in [-0.3, -0.25) is 9.59 Å². The van der Waals surface area contributed by atoms with Crippen LogP contribution in [0.1, 0.15) is 12.0 Å². The van der Waals surface area contributed by atoms with E-state index < -0.39 is 35.2 Å². The number of nitrogens with one attached hydrogen (secondary N) is 1. The number of benzene rings is 2. The minimum absolute atomic E-state index is 0.133. The van der Waals surface area contributed by atoms with Gasteiger partial charge in [0, 0.05) is 23.7 Å². The molecule has 26 heavy (non-hydrogen) atoms. The summed E-state index contributed by atoms with van der Waals surface area (Å²) in [5.41, 5.74) is 0.929. The summed E-state index contributed by atoms with van der Waals surface area (Å²) in [4.78, 5) is 25.5. The van der Waals surface area contributed by atoms with Crippen LogP contribution in [-0.4, -0.2) is 18.4 Å². The quantitative estimate of drug-likeness (QED) is 0.814. The lowest BCUT2D eigenvalue weighted by Crippen LogP contribution is -2.29. The van der Waals surface area contributed by atoms with E-state index in [1.807, 2.05) is 6.92 Å². The molecule has 1 heterocycles. The predicted molar refractivity (Wildman–Crippen MR) is 91.6 cm³/mol. The molecule has 2 aromatic carbocycles. The molecule has 0 aromatic heterocycles. The average Bonchev–Trinajstić information content (AvgIpc) is 2.98. The van der Waals surface area contributed by atoms with Crippen LogP contribution >= 0.6 is 11.6 Å². The summed E-state index contributed by atoms with van der Waals surface area (Å²) in [6.45, 7) is 1.68. The fourth-order valence-corrected chi connectivity index (χ4v) is 2.94. The fraction of sp³-hybridized carbons (Fsp3) is 0.222. The molecule has 8 heteroatoms. The zero-order valence-electron chi connectivity index (χ0n) is 13.7. The Balaban J connectivity index is 1.76. The molecule has 2 aromatic rings. The van der Waals surface area contributed by atoms with Crippen molar-refractivity contribution in [1.82, 2.24) is 0 Å². The Labute approximate surface area is 152 Å². The summed E-state index contributed by atoms with van der Waals surface area (Å²) in [5, 5.41) is 3.13. The van der Waals surface area contributed by atoms with Gasteiger partial charge in [-0.25, -0.2) is 13.2 Å². The first kappa shape index (κ1) is 18.3. The molecule has 0 spiro atoms. The number of carbonyl (C=O) groups excluding carboxylic acids is 2. The number of aryl methyl sites for hydroxylation is 1. The van der Waals surface area contributed by atoms with E-state index in [-0.39, 0.29) is 18.7 Å². The molecule has 1 aliphatic rings. The summed E-state index contributed by atoms with van der Waals surface area (Å²) < 4.78 is 40.4. The van der Waals surface area contributed by atoms with Gasteiger partial charge in [0.25, 0.3) is 0 Å². The van der Waals surface area contributed by atoms with Crippen LogP contribution in [0.15, 0.2) is 30.3 Å². The molecular weight excluding hydrogens is 369 g/mol. The molecule has 1 unspecified atom stereocenters. The second-order valence-corrected chi connectivity index (χ2v) is 6.46. The molecule has 1 saturated heterocycles. The number of carbonyl (C=O) groups is 2. The van der Waals surface area contributed by atoms with Crippen LogP contribution in [-0.2, 0) is 9.59 Å². The van der Waals surface area contributed by atoms with Crippen molar-refractivity contribution in [3.05, 3.63) is 58.4 Å². The highest BCUT2D eigenvalue weighted by Gasteiger charge is 2.37. The number of hydrogen-bond acceptors (Lipinski definition) is 2. The second-order valence-electron chi connectivity index (χ2n) is 6.05. The van der Waals surface area contributed by atoms with E-state index in [9.17, 15) is 22.8 Å². The molecule has 1 atom stereocenters. The van der Waals surface area contributed by atoms with Crippen molar-refractivity contribution in [1.29, 1.82) is 0 Å². The van der Waals surface area contributed by atoms with Crippen LogP contribution < -0.4 is 10.2 Å². The summed E-state index contributed by atoms with van der Waals surface area (Å²) in [6, 6.07) is 6.70.